The van der Waals surface area contributed by atoms with Gasteiger partial charge >= 0.3 is 0 Å². The van der Waals surface area contributed by atoms with Crippen LogP contribution in [0.1, 0.15) is 64.9 Å². The topological polar surface area (TPSA) is 30.0 Å². The summed E-state index contributed by atoms with van der Waals surface area (Å²) in [6.45, 7) is 7.40. The minimum absolute atomic E-state index is 0.253. The Balaban J connectivity index is 1.52. The van der Waals surface area contributed by atoms with Gasteiger partial charge in [-0.2, -0.15) is 0 Å². The largest absolute Gasteiger partial charge is 0.299 e. The fraction of sp³-hybridized carbons (Fsp3) is 0.600. The molecule has 1 unspecified atom stereocenters. The number of fused-ring (bicyclic) bond motifs is 5. The Morgan fingerprint density at radius 2 is 2.00 bits per heavy atom. The predicted octanol–water partition coefficient (Wildman–Crippen LogP) is 5.85. The van der Waals surface area contributed by atoms with E-state index in [1.54, 1.807) is 0 Å². The summed E-state index contributed by atoms with van der Waals surface area (Å²) in [6.07, 6.45) is 15.3. The van der Waals surface area contributed by atoms with E-state index in [4.69, 9.17) is 0 Å². The number of aromatic nitrogens is 1. The van der Waals surface area contributed by atoms with Crippen molar-refractivity contribution in [1.29, 1.82) is 0 Å². The molecule has 0 amide bonds. The van der Waals surface area contributed by atoms with Crippen molar-refractivity contribution in [3.63, 3.8) is 0 Å². The van der Waals surface area contributed by atoms with E-state index >= 15 is 0 Å². The first-order valence-corrected chi connectivity index (χ1v) is 10.8. The molecule has 27 heavy (non-hydrogen) atoms. The average molecular weight is 362 g/mol. The number of rotatable bonds is 1. The van der Waals surface area contributed by atoms with Crippen LogP contribution in [0.4, 0.5) is 0 Å². The molecule has 0 saturated heterocycles. The number of carbonyl (C=O) groups is 1. The summed E-state index contributed by atoms with van der Waals surface area (Å²) in [7, 11) is 0. The lowest BCUT2D eigenvalue weighted by Gasteiger charge is -2.59. The van der Waals surface area contributed by atoms with Crippen molar-refractivity contribution in [3.8, 4) is 0 Å². The fourth-order valence-corrected chi connectivity index (χ4v) is 7.38. The van der Waals surface area contributed by atoms with Crippen molar-refractivity contribution in [2.45, 2.75) is 59.3 Å². The highest BCUT2D eigenvalue weighted by atomic mass is 16.1. The SMILES string of the molecule is CC1C=C2CC(=O)CC[C@]2(C)[C@@H]2CC[C@]3(C)C(c4cccnc4)=CC[C@H]3[C@H]12. The highest BCUT2D eigenvalue weighted by Crippen LogP contribution is 2.67. The third kappa shape index (κ3) is 2.38. The van der Waals surface area contributed by atoms with Crippen molar-refractivity contribution in [3.05, 3.63) is 47.8 Å². The standard InChI is InChI=1S/C25H31NO/c1-16-13-18-14-19(27)8-10-24(18,2)22-9-11-25(3)20(6-7-21(25)23(16)22)17-5-4-12-26-15-17/h4-6,12-13,15-16,21-23H,7-11,14H2,1-3H3/t16?,21-,22+,23-,24-,25+/m0/s1. The number of nitrogens with zero attached hydrogens (tertiary/aromatic N) is 1. The number of allylic oxidation sites excluding steroid dienone is 4. The Morgan fingerprint density at radius 3 is 2.78 bits per heavy atom. The van der Waals surface area contributed by atoms with Crippen LogP contribution in [0, 0.1) is 34.5 Å². The molecule has 0 aromatic carbocycles. The molecule has 2 heteroatoms. The number of hydrogen-bond donors (Lipinski definition) is 0. The molecule has 2 nitrogen and oxygen atoms in total. The van der Waals surface area contributed by atoms with E-state index in [1.807, 2.05) is 12.4 Å². The quantitative estimate of drug-likeness (QED) is 0.587. The molecule has 142 valence electrons. The average Bonchev–Trinajstić information content (AvgIpc) is 3.01. The van der Waals surface area contributed by atoms with Gasteiger partial charge in [-0.15, -0.1) is 0 Å². The molecule has 0 aliphatic heterocycles. The molecule has 0 spiro atoms. The summed E-state index contributed by atoms with van der Waals surface area (Å²) in [5, 5.41) is 0. The van der Waals surface area contributed by atoms with E-state index in [1.165, 1.54) is 36.0 Å². The molecule has 1 aromatic heterocycles. The minimum atomic E-state index is 0.253. The Bertz CT molecular complexity index is 837. The van der Waals surface area contributed by atoms with Gasteiger partial charge in [0.15, 0.2) is 0 Å². The van der Waals surface area contributed by atoms with Crippen molar-refractivity contribution in [2.24, 2.45) is 34.5 Å². The molecular formula is C25H31NO. The van der Waals surface area contributed by atoms with Gasteiger partial charge in [0.2, 0.25) is 0 Å². The van der Waals surface area contributed by atoms with Gasteiger partial charge in [0.1, 0.15) is 5.78 Å². The second-order valence-corrected chi connectivity index (χ2v) is 10.0. The molecule has 2 saturated carbocycles. The summed E-state index contributed by atoms with van der Waals surface area (Å²) in [5.74, 6) is 3.21. The third-order valence-electron chi connectivity index (χ3n) is 8.82. The number of pyridine rings is 1. The van der Waals surface area contributed by atoms with E-state index in [-0.39, 0.29) is 10.8 Å². The van der Waals surface area contributed by atoms with Crippen LogP contribution in [0.3, 0.4) is 0 Å². The summed E-state index contributed by atoms with van der Waals surface area (Å²) in [4.78, 5) is 16.5. The van der Waals surface area contributed by atoms with E-state index in [2.05, 4.69) is 50.0 Å². The lowest BCUT2D eigenvalue weighted by atomic mass is 9.45. The number of hydrogen-bond acceptors (Lipinski definition) is 2. The van der Waals surface area contributed by atoms with Gasteiger partial charge in [0.05, 0.1) is 0 Å². The molecule has 1 heterocycles. The first-order chi connectivity index (χ1) is 12.9. The Labute approximate surface area is 163 Å². The molecule has 0 radical (unpaired) electrons. The van der Waals surface area contributed by atoms with Crippen LogP contribution in [-0.4, -0.2) is 10.8 Å². The van der Waals surface area contributed by atoms with Crippen LogP contribution >= 0.6 is 0 Å². The maximum atomic E-state index is 12.1. The van der Waals surface area contributed by atoms with E-state index < -0.39 is 0 Å². The molecule has 0 bridgehead atoms. The van der Waals surface area contributed by atoms with Crippen LogP contribution in [0.25, 0.3) is 5.57 Å². The van der Waals surface area contributed by atoms with Gasteiger partial charge in [0.25, 0.3) is 0 Å². The zero-order chi connectivity index (χ0) is 18.8. The highest BCUT2D eigenvalue weighted by Gasteiger charge is 2.58. The zero-order valence-corrected chi connectivity index (χ0v) is 16.9. The molecular weight excluding hydrogens is 330 g/mol. The lowest BCUT2D eigenvalue weighted by molar-refractivity contribution is -0.122. The minimum Gasteiger partial charge on any atom is -0.299 e. The van der Waals surface area contributed by atoms with Crippen LogP contribution in [0.15, 0.2) is 42.3 Å². The van der Waals surface area contributed by atoms with Crippen molar-refractivity contribution < 1.29 is 4.79 Å². The Kier molecular flexibility index (Phi) is 3.80. The van der Waals surface area contributed by atoms with E-state index in [0.717, 1.165) is 24.7 Å². The van der Waals surface area contributed by atoms with Gasteiger partial charge in [-0.1, -0.05) is 44.6 Å². The first-order valence-electron chi connectivity index (χ1n) is 10.8. The fourth-order valence-electron chi connectivity index (χ4n) is 7.38. The summed E-state index contributed by atoms with van der Waals surface area (Å²) < 4.78 is 0. The summed E-state index contributed by atoms with van der Waals surface area (Å²) >= 11 is 0. The molecule has 4 aliphatic rings. The number of ketones is 1. The monoisotopic (exact) mass is 361 g/mol. The Morgan fingerprint density at radius 1 is 1.15 bits per heavy atom. The van der Waals surface area contributed by atoms with Crippen LogP contribution < -0.4 is 0 Å². The number of carbonyl (C=O) groups excluding carboxylic acids is 1. The van der Waals surface area contributed by atoms with Gasteiger partial charge in [-0.3, -0.25) is 9.78 Å². The van der Waals surface area contributed by atoms with Gasteiger partial charge in [-0.05, 0) is 77.4 Å². The maximum absolute atomic E-state index is 12.1. The summed E-state index contributed by atoms with van der Waals surface area (Å²) in [5.41, 5.74) is 4.84. The normalized spacial score (nSPS) is 43.3. The smallest absolute Gasteiger partial charge is 0.136 e. The second kappa shape index (κ2) is 5.90. The lowest BCUT2D eigenvalue weighted by Crippen LogP contribution is -2.51. The molecule has 0 N–H and O–H groups in total. The predicted molar refractivity (Wildman–Crippen MR) is 109 cm³/mol. The van der Waals surface area contributed by atoms with Gasteiger partial charge in [-0.25, -0.2) is 0 Å². The molecule has 5 rings (SSSR count). The van der Waals surface area contributed by atoms with Crippen LogP contribution in [0.5, 0.6) is 0 Å². The Hall–Kier alpha value is -1.70. The van der Waals surface area contributed by atoms with Gasteiger partial charge in [0, 0.05) is 25.2 Å². The molecule has 1 aromatic rings. The first kappa shape index (κ1) is 17.4. The van der Waals surface area contributed by atoms with Crippen molar-refractivity contribution >= 4 is 11.4 Å². The van der Waals surface area contributed by atoms with Crippen molar-refractivity contribution in [2.75, 3.05) is 0 Å². The number of Topliss-reactive ketones (excluding diaryl/α,β-unsaturated/α-hetero) is 1. The summed E-state index contributed by atoms with van der Waals surface area (Å²) in [6, 6.07) is 4.30. The molecule has 2 fully saturated rings. The van der Waals surface area contributed by atoms with Crippen LogP contribution in [0.2, 0.25) is 0 Å². The van der Waals surface area contributed by atoms with Gasteiger partial charge < -0.3 is 0 Å². The van der Waals surface area contributed by atoms with E-state index in [9.17, 15) is 4.79 Å². The van der Waals surface area contributed by atoms with Crippen molar-refractivity contribution in [1.82, 2.24) is 4.98 Å². The van der Waals surface area contributed by atoms with Crippen LogP contribution in [-0.2, 0) is 4.79 Å². The second-order valence-electron chi connectivity index (χ2n) is 10.0. The molecule has 6 atom stereocenters. The maximum Gasteiger partial charge on any atom is 0.136 e. The highest BCUT2D eigenvalue weighted by molar-refractivity contribution is 5.82. The van der Waals surface area contributed by atoms with E-state index in [0.29, 0.717) is 24.0 Å². The zero-order valence-electron chi connectivity index (χ0n) is 16.9. The molecule has 4 aliphatic carbocycles. The third-order valence-corrected chi connectivity index (χ3v) is 8.82.